The minimum absolute atomic E-state index is 0.0767. The highest BCUT2D eigenvalue weighted by Crippen LogP contribution is 2.58. The fraction of sp³-hybridized carbons (Fsp3) is 0.148. The quantitative estimate of drug-likeness (QED) is 0.175. The number of rotatable bonds is 5. The van der Waals surface area contributed by atoms with Crippen LogP contribution in [-0.2, 0) is 16.2 Å². The number of fused-ring (bicyclic) bond motifs is 9. The molecule has 1 N–H and O–H groups in total. The van der Waals surface area contributed by atoms with Gasteiger partial charge in [-0.25, -0.2) is 0 Å². The van der Waals surface area contributed by atoms with E-state index in [1.807, 2.05) is 0 Å². The maximum atomic E-state index is 7.07. The van der Waals surface area contributed by atoms with E-state index in [0.29, 0.717) is 0 Å². The molecular formula is C61H48BN2O. The van der Waals surface area contributed by atoms with E-state index in [2.05, 4.69) is 233 Å². The van der Waals surface area contributed by atoms with Crippen LogP contribution in [0.2, 0.25) is 0 Å². The third-order valence-electron chi connectivity index (χ3n) is 15.2. The maximum Gasteiger partial charge on any atom is 0.197 e. The van der Waals surface area contributed by atoms with Crippen LogP contribution in [0.15, 0.2) is 192 Å². The predicted octanol–water partition coefficient (Wildman–Crippen LogP) is 14.6. The molecule has 311 valence electrons. The molecule has 0 unspecified atom stereocenters. The van der Waals surface area contributed by atoms with Gasteiger partial charge >= 0.3 is 0 Å². The molecule has 0 atom stereocenters. The van der Waals surface area contributed by atoms with E-state index < -0.39 is 5.41 Å². The molecule has 1 radical (unpaired) electrons. The molecule has 0 spiro atoms. The minimum atomic E-state index is -0.554. The Morgan fingerprint density at radius 1 is 0.508 bits per heavy atom. The molecule has 0 saturated heterocycles. The molecule has 9 aromatic carbocycles. The summed E-state index contributed by atoms with van der Waals surface area (Å²) in [5.74, 6) is 0. The van der Waals surface area contributed by atoms with Crippen LogP contribution in [0.5, 0.6) is 0 Å². The van der Waals surface area contributed by atoms with Gasteiger partial charge in [0.2, 0.25) is 0 Å². The fourth-order valence-corrected chi connectivity index (χ4v) is 12.0. The lowest BCUT2D eigenvalue weighted by Crippen LogP contribution is -2.47. The van der Waals surface area contributed by atoms with Gasteiger partial charge in [-0.15, -0.1) is 0 Å². The third kappa shape index (κ3) is 5.43. The van der Waals surface area contributed by atoms with Crippen molar-refractivity contribution in [3.8, 4) is 11.1 Å². The van der Waals surface area contributed by atoms with Crippen molar-refractivity contribution < 1.29 is 4.42 Å². The van der Waals surface area contributed by atoms with Gasteiger partial charge in [-0.2, -0.15) is 0 Å². The van der Waals surface area contributed by atoms with E-state index in [9.17, 15) is 0 Å². The molecule has 10 aromatic rings. The van der Waals surface area contributed by atoms with E-state index in [-0.39, 0.29) is 10.8 Å². The van der Waals surface area contributed by atoms with Gasteiger partial charge in [0.25, 0.3) is 0 Å². The van der Waals surface area contributed by atoms with E-state index in [1.54, 1.807) is 0 Å². The molecule has 3 aliphatic rings. The molecule has 0 saturated carbocycles. The first-order chi connectivity index (χ1) is 31.7. The third-order valence-corrected chi connectivity index (χ3v) is 15.2. The van der Waals surface area contributed by atoms with Gasteiger partial charge in [-0.3, -0.25) is 0 Å². The number of anilines is 5. The smallest absolute Gasteiger partial charge is 0.197 e. The topological polar surface area (TPSA) is 28.4 Å². The molecule has 4 heteroatoms. The zero-order valence-corrected chi connectivity index (χ0v) is 37.2. The van der Waals surface area contributed by atoms with E-state index in [1.165, 1.54) is 72.9 Å². The van der Waals surface area contributed by atoms with E-state index in [4.69, 9.17) is 4.42 Å². The molecule has 1 aromatic heterocycles. The van der Waals surface area contributed by atoms with Crippen molar-refractivity contribution in [3.05, 3.63) is 221 Å². The Morgan fingerprint density at radius 3 is 1.95 bits per heavy atom. The normalized spacial score (nSPS) is 16.0. The van der Waals surface area contributed by atoms with Gasteiger partial charge in [-0.1, -0.05) is 179 Å². The highest BCUT2D eigenvalue weighted by atomic mass is 16.3. The first-order valence-electron chi connectivity index (χ1n) is 23.1. The van der Waals surface area contributed by atoms with Crippen LogP contribution in [0.4, 0.5) is 28.4 Å². The van der Waals surface area contributed by atoms with Crippen LogP contribution < -0.4 is 21.1 Å². The Kier molecular flexibility index (Phi) is 8.14. The van der Waals surface area contributed by atoms with Crippen molar-refractivity contribution in [2.75, 3.05) is 10.2 Å². The first-order valence-corrected chi connectivity index (χ1v) is 23.1. The summed E-state index contributed by atoms with van der Waals surface area (Å²) in [6.07, 6.45) is 2.34. The number of benzene rings is 9. The van der Waals surface area contributed by atoms with Crippen LogP contribution in [0.1, 0.15) is 73.9 Å². The maximum absolute atomic E-state index is 7.07. The summed E-state index contributed by atoms with van der Waals surface area (Å²) in [5, 5.41) is 8.61. The lowest BCUT2D eigenvalue weighted by molar-refractivity contribution is 0.332. The van der Waals surface area contributed by atoms with Crippen molar-refractivity contribution in [3.63, 3.8) is 0 Å². The molecular weight excluding hydrogens is 787 g/mol. The average Bonchev–Trinajstić information content (AvgIpc) is 3.72. The molecule has 0 bridgehead atoms. The number of nitrogens with zero attached hydrogens (tertiary/aromatic N) is 1. The summed E-state index contributed by atoms with van der Waals surface area (Å²) in [4.78, 5) is 2.56. The van der Waals surface area contributed by atoms with Gasteiger partial charge < -0.3 is 14.6 Å². The van der Waals surface area contributed by atoms with Crippen molar-refractivity contribution >= 4 is 79.4 Å². The van der Waals surface area contributed by atoms with E-state index in [0.717, 1.165) is 56.5 Å². The number of para-hydroxylation sites is 3. The molecule has 3 heterocycles. The standard InChI is InChI=1S/C61H48BN2O/c1-59(2)34-35-60(3,4)48-37-41(30-32-45(48)59)63-50-33-31-44-43-24-13-16-29-53(43)65-58(44)55(50)54-42-23-12-11-18-38(42)36-52-56(54)62-49-27-17-26-47-57(49)64(52)51-28-15-14-25-46(51)61(47,39-19-7-5-8-20-39)40-21-9-6-10-22-40/h5-33,36-37,63H,34-35H2,1-4H3. The largest absolute Gasteiger partial charge is 0.455 e. The van der Waals surface area contributed by atoms with E-state index >= 15 is 0 Å². The molecule has 2 aliphatic heterocycles. The number of hydrogen-bond donors (Lipinski definition) is 1. The second kappa shape index (κ2) is 13.9. The summed E-state index contributed by atoms with van der Waals surface area (Å²) in [6.45, 7) is 9.60. The predicted molar refractivity (Wildman–Crippen MR) is 273 cm³/mol. The molecule has 13 rings (SSSR count). The van der Waals surface area contributed by atoms with Crippen LogP contribution in [0.3, 0.4) is 0 Å². The molecule has 1 aliphatic carbocycles. The van der Waals surface area contributed by atoms with Crippen molar-refractivity contribution in [2.24, 2.45) is 0 Å². The van der Waals surface area contributed by atoms with Crippen molar-refractivity contribution in [2.45, 2.75) is 56.8 Å². The second-order valence-corrected chi connectivity index (χ2v) is 19.7. The lowest BCUT2D eigenvalue weighted by atomic mass is 9.54. The van der Waals surface area contributed by atoms with Crippen molar-refractivity contribution in [1.29, 1.82) is 0 Å². The molecule has 0 fully saturated rings. The Hall–Kier alpha value is -7.30. The SMILES string of the molecule is CC1(C)CCC(C)(C)c2cc(Nc3ccc4c(oc5ccccc54)c3-c3c4c(cc5ccccc35)N3c5ccccc5C(c5ccccc5)(c5ccccc5)c5cccc(c53)[B]4)ccc21. The Bertz CT molecular complexity index is 3530. The average molecular weight is 836 g/mol. The number of furan rings is 1. The highest BCUT2D eigenvalue weighted by Gasteiger charge is 2.48. The number of nitrogens with one attached hydrogen (secondary N) is 1. The molecule has 65 heavy (non-hydrogen) atoms. The minimum Gasteiger partial charge on any atom is -0.455 e. The first kappa shape index (κ1) is 38.2. The van der Waals surface area contributed by atoms with Gasteiger partial charge in [0.1, 0.15) is 11.2 Å². The molecule has 0 amide bonds. The summed E-state index contributed by atoms with van der Waals surface area (Å²) in [6, 6.07) is 69.6. The highest BCUT2D eigenvalue weighted by molar-refractivity contribution is 6.74. The zero-order valence-electron chi connectivity index (χ0n) is 37.2. The summed E-state index contributed by atoms with van der Waals surface area (Å²) < 4.78 is 7.07. The van der Waals surface area contributed by atoms with Gasteiger partial charge in [-0.05, 0) is 121 Å². The zero-order chi connectivity index (χ0) is 43.7. The number of hydrogen-bond acceptors (Lipinski definition) is 3. The fourth-order valence-electron chi connectivity index (χ4n) is 12.0. The Balaban J connectivity index is 1.10. The van der Waals surface area contributed by atoms with Gasteiger partial charge in [0.15, 0.2) is 7.28 Å². The summed E-state index contributed by atoms with van der Waals surface area (Å²) >= 11 is 0. The van der Waals surface area contributed by atoms with Gasteiger partial charge in [0, 0.05) is 33.4 Å². The van der Waals surface area contributed by atoms with Gasteiger partial charge in [0.05, 0.1) is 16.8 Å². The Labute approximate surface area is 381 Å². The van der Waals surface area contributed by atoms with Crippen molar-refractivity contribution in [1.82, 2.24) is 0 Å². The van der Waals surface area contributed by atoms with Crippen LogP contribution in [-0.4, -0.2) is 7.28 Å². The Morgan fingerprint density at radius 2 is 1.17 bits per heavy atom. The molecule has 3 nitrogen and oxygen atoms in total. The van der Waals surface area contributed by atoms with Crippen LogP contribution in [0.25, 0.3) is 43.8 Å². The second-order valence-electron chi connectivity index (χ2n) is 19.7. The van der Waals surface area contributed by atoms with Crippen LogP contribution >= 0.6 is 0 Å². The summed E-state index contributed by atoms with van der Waals surface area (Å²) in [7, 11) is 2.45. The lowest BCUT2D eigenvalue weighted by Gasteiger charge is -2.49. The van der Waals surface area contributed by atoms with Crippen LogP contribution in [0, 0.1) is 0 Å². The summed E-state index contributed by atoms with van der Waals surface area (Å²) in [5.41, 5.74) is 19.5. The monoisotopic (exact) mass is 835 g/mol.